The van der Waals surface area contributed by atoms with Crippen LogP contribution in [0.5, 0.6) is 11.5 Å². The van der Waals surface area contributed by atoms with E-state index in [1.807, 2.05) is 12.3 Å². The standard InChI is InChI=1S/C38H19N5O/c1-2-10-24-20(8-1)21-15-17-29-33-31(21)36-40(24)25-11-3-5-13-27(25)42(36)38(33)34-30(44-29)18-16-22-23-9-7-19-39-35(23)41-26-12-4-6-14-28(26)43(38)37(41)32(22)34/h1-19H/q+2. The molecule has 0 N–H and O–H groups in total. The molecule has 13 rings (SSSR count). The van der Waals surface area contributed by atoms with Crippen LogP contribution in [-0.4, -0.2) is 13.8 Å². The minimum atomic E-state index is -0.690. The predicted molar refractivity (Wildman–Crippen MR) is 170 cm³/mol. The number of fused-ring (bicyclic) bond motifs is 12. The second-order valence-corrected chi connectivity index (χ2v) is 12.4. The van der Waals surface area contributed by atoms with Gasteiger partial charge >= 0.3 is 17.0 Å². The molecule has 0 bridgehead atoms. The molecule has 1 atom stereocenters. The van der Waals surface area contributed by atoms with Gasteiger partial charge < -0.3 is 4.74 Å². The van der Waals surface area contributed by atoms with Crippen LogP contribution in [-0.2, 0) is 5.66 Å². The Hall–Kier alpha value is -6.01. The Bertz CT molecular complexity index is 2880. The SMILES string of the molecule is c1ccc2c(c1)c1ccc3c4c1c1n2c2ccccc2[n+]1C41c2c(ccc4c5cccnc5n5c6ccccc6[n+]1c5c24)O3. The highest BCUT2D eigenvalue weighted by Gasteiger charge is 2.67. The van der Waals surface area contributed by atoms with Crippen molar-refractivity contribution in [2.24, 2.45) is 0 Å². The van der Waals surface area contributed by atoms with Gasteiger partial charge in [0.05, 0.1) is 16.2 Å². The highest BCUT2D eigenvalue weighted by atomic mass is 16.5. The Morgan fingerprint density at radius 3 is 1.82 bits per heavy atom. The van der Waals surface area contributed by atoms with Gasteiger partial charge in [0, 0.05) is 22.4 Å². The maximum atomic E-state index is 6.93. The summed E-state index contributed by atoms with van der Waals surface area (Å²) < 4.78 is 17.0. The fourth-order valence-corrected chi connectivity index (χ4v) is 9.32. The lowest BCUT2D eigenvalue weighted by Crippen LogP contribution is -2.71. The molecule has 44 heavy (non-hydrogen) atoms. The monoisotopic (exact) mass is 561 g/mol. The van der Waals surface area contributed by atoms with Gasteiger partial charge in [0.1, 0.15) is 28.1 Å². The molecule has 6 heteroatoms. The first-order valence-electron chi connectivity index (χ1n) is 15.1. The van der Waals surface area contributed by atoms with E-state index >= 15 is 0 Å². The van der Waals surface area contributed by atoms with Crippen molar-refractivity contribution >= 4 is 76.8 Å². The summed E-state index contributed by atoms with van der Waals surface area (Å²) >= 11 is 0. The van der Waals surface area contributed by atoms with Crippen LogP contribution in [0.1, 0.15) is 11.1 Å². The van der Waals surface area contributed by atoms with Gasteiger partial charge in [-0.15, -0.1) is 0 Å². The van der Waals surface area contributed by atoms with Crippen LogP contribution in [0.2, 0.25) is 0 Å². The van der Waals surface area contributed by atoms with E-state index in [2.05, 4.69) is 121 Å². The van der Waals surface area contributed by atoms with Crippen LogP contribution >= 0.6 is 0 Å². The zero-order valence-electron chi connectivity index (χ0n) is 23.1. The molecule has 0 saturated heterocycles. The third kappa shape index (κ3) is 1.81. The predicted octanol–water partition coefficient (Wildman–Crippen LogP) is 7.11. The fourth-order valence-electron chi connectivity index (χ4n) is 9.32. The van der Waals surface area contributed by atoms with Crippen molar-refractivity contribution in [1.82, 2.24) is 13.8 Å². The number of benzene rings is 5. The van der Waals surface area contributed by atoms with E-state index < -0.39 is 5.66 Å². The third-order valence-electron chi connectivity index (χ3n) is 10.6. The minimum Gasteiger partial charge on any atom is -0.456 e. The minimum absolute atomic E-state index is 0.690. The summed E-state index contributed by atoms with van der Waals surface area (Å²) in [5.41, 5.74) is 11.0. The number of pyridine rings is 3. The van der Waals surface area contributed by atoms with Crippen molar-refractivity contribution in [3.05, 3.63) is 127 Å². The van der Waals surface area contributed by atoms with Gasteiger partial charge in [0.25, 0.3) is 0 Å². The van der Waals surface area contributed by atoms with Crippen LogP contribution in [0.3, 0.4) is 0 Å². The molecule has 6 nitrogen and oxygen atoms in total. The molecule has 0 amide bonds. The molecule has 0 aliphatic carbocycles. The summed E-state index contributed by atoms with van der Waals surface area (Å²) in [7, 11) is 0. The average molecular weight is 562 g/mol. The molecule has 1 unspecified atom stereocenters. The smallest absolute Gasteiger partial charge is 0.316 e. The van der Waals surface area contributed by atoms with Crippen molar-refractivity contribution in [2.45, 2.75) is 5.66 Å². The van der Waals surface area contributed by atoms with Crippen molar-refractivity contribution in [1.29, 1.82) is 0 Å². The summed E-state index contributed by atoms with van der Waals surface area (Å²) in [6.07, 6.45) is 1.91. The van der Waals surface area contributed by atoms with Gasteiger partial charge in [-0.25, -0.2) is 4.98 Å². The highest BCUT2D eigenvalue weighted by Crippen LogP contribution is 2.58. The largest absolute Gasteiger partial charge is 0.456 e. The molecule has 0 radical (unpaired) electrons. The Balaban J connectivity index is 1.45. The lowest BCUT2D eigenvalue weighted by atomic mass is 9.85. The maximum Gasteiger partial charge on any atom is 0.316 e. The number of nitrogens with zero attached hydrogens (tertiary/aromatic N) is 5. The van der Waals surface area contributed by atoms with E-state index in [0.29, 0.717) is 0 Å². The second kappa shape index (κ2) is 6.33. The van der Waals surface area contributed by atoms with E-state index in [9.17, 15) is 0 Å². The van der Waals surface area contributed by atoms with Crippen molar-refractivity contribution in [3.8, 4) is 11.5 Å². The van der Waals surface area contributed by atoms with E-state index in [1.165, 1.54) is 65.8 Å². The Labute approximate surface area is 247 Å². The molecule has 10 aromatic rings. The van der Waals surface area contributed by atoms with Crippen molar-refractivity contribution in [2.75, 3.05) is 0 Å². The van der Waals surface area contributed by atoms with E-state index in [-0.39, 0.29) is 0 Å². The first kappa shape index (κ1) is 20.8. The molecule has 5 aromatic carbocycles. The van der Waals surface area contributed by atoms with Gasteiger partial charge in [-0.05, 0) is 66.7 Å². The number of para-hydroxylation sites is 5. The zero-order chi connectivity index (χ0) is 28.1. The molecule has 3 aliphatic rings. The topological polar surface area (TPSA) is 38.7 Å². The molecule has 1 spiro atoms. The number of hydrogen-bond donors (Lipinski definition) is 0. The lowest BCUT2D eigenvalue weighted by molar-refractivity contribution is -0.923. The lowest BCUT2D eigenvalue weighted by Gasteiger charge is -2.31. The summed E-state index contributed by atoms with van der Waals surface area (Å²) in [5.74, 6) is 1.83. The molecule has 200 valence electrons. The van der Waals surface area contributed by atoms with Crippen LogP contribution in [0.25, 0.3) is 76.8 Å². The zero-order valence-corrected chi connectivity index (χ0v) is 23.1. The van der Waals surface area contributed by atoms with E-state index in [4.69, 9.17) is 9.72 Å². The molecule has 8 heterocycles. The molecular weight excluding hydrogens is 542 g/mol. The summed E-state index contributed by atoms with van der Waals surface area (Å²) in [5, 5.41) is 7.33. The number of aromatic nitrogens is 5. The summed E-state index contributed by atoms with van der Waals surface area (Å²) in [4.78, 5) is 5.00. The maximum absolute atomic E-state index is 6.93. The fraction of sp³-hybridized carbons (Fsp3) is 0.0263. The Kier molecular flexibility index (Phi) is 2.99. The molecular formula is C38H19N5O+2. The number of rotatable bonds is 0. The first-order valence-corrected chi connectivity index (χ1v) is 15.1. The van der Waals surface area contributed by atoms with Crippen molar-refractivity contribution in [3.63, 3.8) is 0 Å². The highest BCUT2D eigenvalue weighted by molar-refractivity contribution is 6.19. The number of imidazole rings is 2. The number of hydrogen-bond acceptors (Lipinski definition) is 2. The van der Waals surface area contributed by atoms with E-state index in [1.54, 1.807) is 0 Å². The van der Waals surface area contributed by atoms with Crippen LogP contribution in [0.4, 0.5) is 0 Å². The van der Waals surface area contributed by atoms with Gasteiger partial charge in [-0.1, -0.05) is 42.5 Å². The Morgan fingerprint density at radius 2 is 1.09 bits per heavy atom. The molecule has 0 fully saturated rings. The van der Waals surface area contributed by atoms with E-state index in [0.717, 1.165) is 33.7 Å². The van der Waals surface area contributed by atoms with Gasteiger partial charge in [0.2, 0.25) is 5.65 Å². The van der Waals surface area contributed by atoms with Crippen LogP contribution in [0, 0.1) is 0 Å². The third-order valence-corrected chi connectivity index (χ3v) is 10.6. The Morgan fingerprint density at radius 1 is 0.523 bits per heavy atom. The average Bonchev–Trinajstić information content (AvgIpc) is 3.79. The van der Waals surface area contributed by atoms with Crippen molar-refractivity contribution < 1.29 is 13.9 Å². The first-order chi connectivity index (χ1) is 21.9. The van der Waals surface area contributed by atoms with Gasteiger partial charge in [-0.3, -0.25) is 0 Å². The second-order valence-electron chi connectivity index (χ2n) is 12.4. The van der Waals surface area contributed by atoms with Crippen LogP contribution in [0.15, 0.2) is 115 Å². The molecule has 0 saturated carbocycles. The molecule has 5 aromatic heterocycles. The number of ether oxygens (including phenoxy) is 1. The van der Waals surface area contributed by atoms with Gasteiger partial charge in [0.15, 0.2) is 22.1 Å². The quantitative estimate of drug-likeness (QED) is 0.146. The normalized spacial score (nSPS) is 17.4. The summed E-state index contributed by atoms with van der Waals surface area (Å²) in [6.45, 7) is 0. The van der Waals surface area contributed by atoms with Crippen LogP contribution < -0.4 is 13.9 Å². The molecule has 3 aliphatic heterocycles. The van der Waals surface area contributed by atoms with Gasteiger partial charge in [-0.2, -0.15) is 17.9 Å². The summed E-state index contributed by atoms with van der Waals surface area (Å²) in [6, 6.07) is 39.6.